The molecule has 2 heterocycles. The van der Waals surface area contributed by atoms with Gasteiger partial charge in [0, 0.05) is 10.7 Å². The third-order valence-corrected chi connectivity index (χ3v) is 5.76. The molecule has 152 valence electrons. The zero-order valence-electron chi connectivity index (χ0n) is 15.2. The van der Waals surface area contributed by atoms with Gasteiger partial charge in [-0.1, -0.05) is 30.3 Å². The van der Waals surface area contributed by atoms with Gasteiger partial charge in [-0.2, -0.15) is 5.10 Å². The standard InChI is InChI=1S/C20H13BrF2N4O2S/c21-12-8-13-18(25-26-20(13)24-9-12)19(28)16-14(22)6-7-15(17(16)23)27-30(29)10-11-4-2-1-3-5-11/h1-9,27H,10H2,(H,24,25,26). The van der Waals surface area contributed by atoms with E-state index in [1.807, 2.05) is 6.07 Å². The summed E-state index contributed by atoms with van der Waals surface area (Å²) >= 11 is 3.24. The first-order valence-electron chi connectivity index (χ1n) is 8.65. The van der Waals surface area contributed by atoms with Crippen molar-refractivity contribution in [2.45, 2.75) is 5.75 Å². The zero-order chi connectivity index (χ0) is 21.3. The summed E-state index contributed by atoms with van der Waals surface area (Å²) < 4.78 is 44.9. The Labute approximate surface area is 180 Å². The maximum atomic E-state index is 15.0. The monoisotopic (exact) mass is 490 g/mol. The molecule has 2 aromatic heterocycles. The average molecular weight is 491 g/mol. The summed E-state index contributed by atoms with van der Waals surface area (Å²) in [5.74, 6) is -2.98. The lowest BCUT2D eigenvalue weighted by Crippen LogP contribution is -2.13. The highest BCUT2D eigenvalue weighted by Crippen LogP contribution is 2.27. The van der Waals surface area contributed by atoms with Crippen LogP contribution in [-0.4, -0.2) is 25.2 Å². The van der Waals surface area contributed by atoms with Crippen molar-refractivity contribution in [3.63, 3.8) is 0 Å². The second-order valence-electron chi connectivity index (χ2n) is 6.31. The number of pyridine rings is 1. The fraction of sp³-hybridized carbons (Fsp3) is 0.0500. The van der Waals surface area contributed by atoms with Gasteiger partial charge in [0.2, 0.25) is 5.78 Å². The van der Waals surface area contributed by atoms with Crippen LogP contribution in [0.2, 0.25) is 0 Å². The Morgan fingerprint density at radius 2 is 1.93 bits per heavy atom. The van der Waals surface area contributed by atoms with Crippen LogP contribution in [0, 0.1) is 11.6 Å². The molecule has 0 radical (unpaired) electrons. The molecule has 0 saturated carbocycles. The average Bonchev–Trinajstić information content (AvgIpc) is 3.14. The highest BCUT2D eigenvalue weighted by Gasteiger charge is 2.25. The van der Waals surface area contributed by atoms with Crippen molar-refractivity contribution in [1.29, 1.82) is 0 Å². The Balaban J connectivity index is 1.66. The Kier molecular flexibility index (Phi) is 5.69. The molecule has 6 nitrogen and oxygen atoms in total. The van der Waals surface area contributed by atoms with Crippen molar-refractivity contribution in [3.05, 3.63) is 87.7 Å². The maximum absolute atomic E-state index is 15.0. The highest BCUT2D eigenvalue weighted by atomic mass is 79.9. The van der Waals surface area contributed by atoms with E-state index in [0.717, 1.165) is 17.7 Å². The molecule has 2 N–H and O–H groups in total. The lowest BCUT2D eigenvalue weighted by molar-refractivity contribution is 0.102. The van der Waals surface area contributed by atoms with E-state index >= 15 is 4.39 Å². The smallest absolute Gasteiger partial charge is 0.217 e. The fourth-order valence-corrected chi connectivity index (χ4v) is 4.20. The molecule has 2 aromatic carbocycles. The van der Waals surface area contributed by atoms with Gasteiger partial charge in [0.25, 0.3) is 0 Å². The number of fused-ring (bicyclic) bond motifs is 1. The molecule has 1 unspecified atom stereocenters. The summed E-state index contributed by atoms with van der Waals surface area (Å²) in [5, 5.41) is 6.71. The molecule has 4 aromatic rings. The van der Waals surface area contributed by atoms with Crippen LogP contribution in [-0.2, 0) is 16.7 Å². The quantitative estimate of drug-likeness (QED) is 0.389. The number of aromatic amines is 1. The number of hydrogen-bond acceptors (Lipinski definition) is 4. The Hall–Kier alpha value is -2.98. The van der Waals surface area contributed by atoms with Crippen molar-refractivity contribution < 1.29 is 17.8 Å². The number of rotatable bonds is 6. The molecule has 0 amide bonds. The number of carbonyl (C=O) groups excluding carboxylic acids is 1. The molecule has 0 aliphatic carbocycles. The molecule has 0 fully saturated rings. The number of H-pyrrole nitrogens is 1. The molecular formula is C20H13BrF2N4O2S. The van der Waals surface area contributed by atoms with Crippen molar-refractivity contribution >= 4 is 49.4 Å². The molecule has 0 bridgehead atoms. The summed E-state index contributed by atoms with van der Waals surface area (Å²) in [6.45, 7) is 0. The summed E-state index contributed by atoms with van der Waals surface area (Å²) in [6.07, 6.45) is 1.49. The lowest BCUT2D eigenvalue weighted by Gasteiger charge is -2.11. The van der Waals surface area contributed by atoms with E-state index < -0.39 is 34.0 Å². The Morgan fingerprint density at radius 3 is 2.70 bits per heavy atom. The lowest BCUT2D eigenvalue weighted by atomic mass is 10.0. The van der Waals surface area contributed by atoms with Gasteiger partial charge in [-0.05, 0) is 39.7 Å². The number of ketones is 1. The number of nitrogens with zero attached hydrogens (tertiary/aromatic N) is 2. The second-order valence-corrected chi connectivity index (χ2v) is 8.41. The molecule has 0 saturated heterocycles. The number of aromatic nitrogens is 3. The topological polar surface area (TPSA) is 87.7 Å². The zero-order valence-corrected chi connectivity index (χ0v) is 17.6. The summed E-state index contributed by atoms with van der Waals surface area (Å²) in [4.78, 5) is 16.9. The number of benzene rings is 2. The van der Waals surface area contributed by atoms with E-state index in [9.17, 15) is 13.4 Å². The number of anilines is 1. The van der Waals surface area contributed by atoms with Gasteiger partial charge in [0.1, 0.15) is 22.5 Å². The van der Waals surface area contributed by atoms with Crippen LogP contribution in [0.4, 0.5) is 14.5 Å². The van der Waals surface area contributed by atoms with Gasteiger partial charge in [-0.15, -0.1) is 0 Å². The van der Waals surface area contributed by atoms with Gasteiger partial charge in [0.05, 0.1) is 22.4 Å². The number of halogens is 3. The predicted molar refractivity (Wildman–Crippen MR) is 113 cm³/mol. The molecule has 30 heavy (non-hydrogen) atoms. The summed E-state index contributed by atoms with van der Waals surface area (Å²) in [6, 6.07) is 12.6. The van der Waals surface area contributed by atoms with Crippen molar-refractivity contribution in [2.24, 2.45) is 0 Å². The third-order valence-electron chi connectivity index (χ3n) is 4.29. The van der Waals surface area contributed by atoms with Gasteiger partial charge < -0.3 is 4.72 Å². The van der Waals surface area contributed by atoms with Crippen molar-refractivity contribution in [2.75, 3.05) is 4.72 Å². The van der Waals surface area contributed by atoms with Gasteiger partial charge in [-0.25, -0.2) is 18.0 Å². The van der Waals surface area contributed by atoms with Crippen LogP contribution in [0.25, 0.3) is 11.0 Å². The van der Waals surface area contributed by atoms with Crippen molar-refractivity contribution in [1.82, 2.24) is 15.2 Å². The van der Waals surface area contributed by atoms with Gasteiger partial charge >= 0.3 is 0 Å². The third kappa shape index (κ3) is 4.01. The molecule has 0 aliphatic rings. The normalized spacial score (nSPS) is 12.1. The fourth-order valence-electron chi connectivity index (χ4n) is 2.90. The van der Waals surface area contributed by atoms with Gasteiger partial charge in [-0.3, -0.25) is 9.89 Å². The molecule has 1 atom stereocenters. The molecule has 10 heteroatoms. The Bertz CT molecular complexity index is 1280. The number of carbonyl (C=O) groups is 1. The van der Waals surface area contributed by atoms with E-state index in [1.54, 1.807) is 30.3 Å². The predicted octanol–water partition coefficient (Wildman–Crippen LogP) is 4.51. The van der Waals surface area contributed by atoms with E-state index in [-0.39, 0.29) is 22.8 Å². The minimum absolute atomic E-state index is 0.0980. The minimum Gasteiger partial charge on any atom is -0.302 e. The molecule has 0 aliphatic heterocycles. The van der Waals surface area contributed by atoms with E-state index in [1.165, 1.54) is 6.20 Å². The second kappa shape index (κ2) is 8.41. The van der Waals surface area contributed by atoms with Crippen molar-refractivity contribution in [3.8, 4) is 0 Å². The maximum Gasteiger partial charge on any atom is 0.217 e. The van der Waals surface area contributed by atoms with Crippen LogP contribution in [0.15, 0.2) is 59.2 Å². The summed E-state index contributed by atoms with van der Waals surface area (Å²) in [7, 11) is -1.68. The minimum atomic E-state index is -1.68. The highest BCUT2D eigenvalue weighted by molar-refractivity contribution is 9.10. The summed E-state index contributed by atoms with van der Waals surface area (Å²) in [5.41, 5.74) is -0.0942. The molecule has 4 rings (SSSR count). The first kappa shape index (κ1) is 20.3. The van der Waals surface area contributed by atoms with Crippen LogP contribution >= 0.6 is 15.9 Å². The Morgan fingerprint density at radius 1 is 1.17 bits per heavy atom. The van der Waals surface area contributed by atoms with Crippen LogP contribution in [0.1, 0.15) is 21.6 Å². The molecular weight excluding hydrogens is 478 g/mol. The van der Waals surface area contributed by atoms with E-state index in [4.69, 9.17) is 0 Å². The number of hydrogen-bond donors (Lipinski definition) is 2. The van der Waals surface area contributed by atoms with Crippen LogP contribution < -0.4 is 4.72 Å². The van der Waals surface area contributed by atoms with E-state index in [2.05, 4.69) is 35.8 Å². The first-order chi connectivity index (χ1) is 14.4. The largest absolute Gasteiger partial charge is 0.302 e. The van der Waals surface area contributed by atoms with Gasteiger partial charge in [0.15, 0.2) is 11.5 Å². The SMILES string of the molecule is O=C(c1c(F)ccc(NS(=O)Cc2ccccc2)c1F)c1[nH]nc2ncc(Br)cc12. The van der Waals surface area contributed by atoms with E-state index in [0.29, 0.717) is 9.86 Å². The number of nitrogens with one attached hydrogen (secondary N) is 2. The van der Waals surface area contributed by atoms with Crippen LogP contribution in [0.3, 0.4) is 0 Å². The molecule has 0 spiro atoms. The first-order valence-corrected chi connectivity index (χ1v) is 10.8. The van der Waals surface area contributed by atoms with Crippen LogP contribution in [0.5, 0.6) is 0 Å².